The summed E-state index contributed by atoms with van der Waals surface area (Å²) in [6, 6.07) is -1.09. The highest BCUT2D eigenvalue weighted by Crippen LogP contribution is 2.55. The third-order valence-electron chi connectivity index (χ3n) is 4.67. The van der Waals surface area contributed by atoms with Gasteiger partial charge in [0.15, 0.2) is 0 Å². The van der Waals surface area contributed by atoms with E-state index in [0.717, 1.165) is 24.6 Å². The smallest absolute Gasteiger partial charge is 0.332 e. The van der Waals surface area contributed by atoms with Crippen molar-refractivity contribution in [3.8, 4) is 0 Å². The molecule has 4 aliphatic rings. The molecular weight excluding hydrogens is 245 g/mol. The molecule has 0 aromatic rings. The van der Waals surface area contributed by atoms with Gasteiger partial charge in [0.1, 0.15) is 0 Å². The van der Waals surface area contributed by atoms with Crippen molar-refractivity contribution >= 4 is 6.03 Å². The first-order valence-corrected chi connectivity index (χ1v) is 6.51. The predicted molar refractivity (Wildman–Crippen MR) is 58.6 cm³/mol. The number of hydrogen-bond donors (Lipinski definition) is 2. The maximum absolute atomic E-state index is 12.1. The van der Waals surface area contributed by atoms with E-state index in [0.29, 0.717) is 17.8 Å². The van der Waals surface area contributed by atoms with Gasteiger partial charge in [0.2, 0.25) is 0 Å². The van der Waals surface area contributed by atoms with Gasteiger partial charge in [0.25, 0.3) is 0 Å². The van der Waals surface area contributed by atoms with Crippen molar-refractivity contribution in [3.05, 3.63) is 0 Å². The molecule has 0 spiro atoms. The van der Waals surface area contributed by atoms with Crippen molar-refractivity contribution < 1.29 is 18.0 Å². The van der Waals surface area contributed by atoms with Crippen LogP contribution in [0.25, 0.3) is 0 Å². The van der Waals surface area contributed by atoms with E-state index in [4.69, 9.17) is 0 Å². The Bertz CT molecular complexity index is 332. The van der Waals surface area contributed by atoms with Crippen LogP contribution in [0.5, 0.6) is 0 Å². The van der Waals surface area contributed by atoms with E-state index in [1.807, 2.05) is 0 Å². The van der Waals surface area contributed by atoms with E-state index in [-0.39, 0.29) is 5.54 Å². The summed E-state index contributed by atoms with van der Waals surface area (Å²) in [5.74, 6) is 1.80. The molecule has 0 unspecified atom stereocenters. The van der Waals surface area contributed by atoms with Crippen LogP contribution in [0, 0.1) is 17.8 Å². The standard InChI is InChI=1S/C12H17F3N2O/c13-12(14,15)17-10(18)16-11-4-7-1-8(5-11)3-9(2-7)6-11/h7-9H,1-6H2,(H2,16,17,18). The number of rotatable bonds is 1. The second-order valence-corrected chi connectivity index (χ2v) is 6.27. The first-order chi connectivity index (χ1) is 8.34. The molecule has 0 atom stereocenters. The zero-order valence-electron chi connectivity index (χ0n) is 10.0. The van der Waals surface area contributed by atoms with Crippen molar-refractivity contribution in [1.29, 1.82) is 0 Å². The van der Waals surface area contributed by atoms with E-state index in [1.165, 1.54) is 19.3 Å². The second-order valence-electron chi connectivity index (χ2n) is 6.27. The molecule has 0 aliphatic heterocycles. The van der Waals surface area contributed by atoms with E-state index in [1.54, 1.807) is 0 Å². The summed E-state index contributed by atoms with van der Waals surface area (Å²) in [6.07, 6.45) is 1.50. The van der Waals surface area contributed by atoms with Gasteiger partial charge in [-0.15, -0.1) is 0 Å². The highest BCUT2D eigenvalue weighted by molar-refractivity contribution is 5.75. The van der Waals surface area contributed by atoms with Crippen LogP contribution in [-0.2, 0) is 0 Å². The molecule has 4 fully saturated rings. The van der Waals surface area contributed by atoms with Crippen LogP contribution in [0.1, 0.15) is 38.5 Å². The zero-order chi connectivity index (χ0) is 13.0. The Morgan fingerprint density at radius 2 is 1.44 bits per heavy atom. The quantitative estimate of drug-likeness (QED) is 0.701. The van der Waals surface area contributed by atoms with Crippen molar-refractivity contribution in [1.82, 2.24) is 10.6 Å². The fourth-order valence-electron chi connectivity index (χ4n) is 4.66. The molecule has 4 saturated carbocycles. The molecule has 6 heteroatoms. The minimum Gasteiger partial charge on any atom is -0.332 e. The van der Waals surface area contributed by atoms with Crippen LogP contribution in [0.3, 0.4) is 0 Å². The van der Waals surface area contributed by atoms with Crippen LogP contribution in [0.4, 0.5) is 18.0 Å². The number of halogens is 3. The zero-order valence-corrected chi connectivity index (χ0v) is 10.0. The minimum atomic E-state index is -4.65. The Balaban J connectivity index is 1.67. The average Bonchev–Trinajstić information content (AvgIpc) is 2.09. The van der Waals surface area contributed by atoms with Crippen LogP contribution >= 0.6 is 0 Å². The van der Waals surface area contributed by atoms with Crippen LogP contribution < -0.4 is 10.6 Å². The third kappa shape index (κ3) is 2.29. The highest BCUT2D eigenvalue weighted by atomic mass is 19.4. The lowest BCUT2D eigenvalue weighted by Crippen LogP contribution is -2.62. The second kappa shape index (κ2) is 3.78. The summed E-state index contributed by atoms with van der Waals surface area (Å²) < 4.78 is 36.3. The van der Waals surface area contributed by atoms with E-state index in [2.05, 4.69) is 5.32 Å². The fraction of sp³-hybridized carbons (Fsp3) is 0.917. The normalized spacial score (nSPS) is 41.8. The number of alkyl halides is 3. The van der Waals surface area contributed by atoms with Gasteiger partial charge in [-0.25, -0.2) is 10.1 Å². The summed E-state index contributed by atoms with van der Waals surface area (Å²) in [5.41, 5.74) is -0.371. The third-order valence-corrected chi connectivity index (χ3v) is 4.67. The lowest BCUT2D eigenvalue weighted by atomic mass is 9.53. The SMILES string of the molecule is O=C(NC(F)(F)F)NC12CC3CC(CC(C3)C1)C2. The Hall–Kier alpha value is -0.940. The molecule has 4 bridgehead atoms. The Morgan fingerprint density at radius 1 is 1.00 bits per heavy atom. The molecule has 0 heterocycles. The lowest BCUT2D eigenvalue weighted by Gasteiger charge is -2.56. The van der Waals surface area contributed by atoms with E-state index in [9.17, 15) is 18.0 Å². The predicted octanol–water partition coefficient (Wildman–Crippen LogP) is 2.77. The number of carbonyl (C=O) groups excluding carboxylic acids is 1. The van der Waals surface area contributed by atoms with Crippen LogP contribution in [0.15, 0.2) is 0 Å². The largest absolute Gasteiger partial charge is 0.485 e. The van der Waals surface area contributed by atoms with Gasteiger partial charge in [-0.05, 0) is 56.3 Å². The number of amides is 2. The van der Waals surface area contributed by atoms with Crippen molar-refractivity contribution in [3.63, 3.8) is 0 Å². The van der Waals surface area contributed by atoms with E-state index < -0.39 is 12.3 Å². The Morgan fingerprint density at radius 3 is 1.83 bits per heavy atom. The van der Waals surface area contributed by atoms with Gasteiger partial charge in [-0.1, -0.05) is 0 Å². The van der Waals surface area contributed by atoms with Gasteiger partial charge in [-0.3, -0.25) is 0 Å². The molecule has 0 radical (unpaired) electrons. The van der Waals surface area contributed by atoms with Crippen LogP contribution in [0.2, 0.25) is 0 Å². The van der Waals surface area contributed by atoms with Gasteiger partial charge >= 0.3 is 12.3 Å². The lowest BCUT2D eigenvalue weighted by molar-refractivity contribution is -0.146. The van der Waals surface area contributed by atoms with Crippen molar-refractivity contribution in [2.24, 2.45) is 17.8 Å². The Kier molecular flexibility index (Phi) is 2.54. The molecule has 0 aromatic heterocycles. The highest BCUT2D eigenvalue weighted by Gasteiger charge is 2.52. The molecule has 4 aliphatic carbocycles. The molecule has 0 aromatic carbocycles. The number of urea groups is 1. The number of hydrogen-bond acceptors (Lipinski definition) is 1. The maximum atomic E-state index is 12.1. The van der Waals surface area contributed by atoms with Gasteiger partial charge in [0.05, 0.1) is 0 Å². The monoisotopic (exact) mass is 262 g/mol. The summed E-state index contributed by atoms with van der Waals surface area (Å²) in [6.45, 7) is 0. The first kappa shape index (κ1) is 12.1. The summed E-state index contributed by atoms with van der Waals surface area (Å²) in [7, 11) is 0. The maximum Gasteiger partial charge on any atom is 0.485 e. The number of nitrogens with one attached hydrogen (secondary N) is 2. The van der Waals surface area contributed by atoms with Crippen molar-refractivity contribution in [2.45, 2.75) is 50.4 Å². The summed E-state index contributed by atoms with van der Waals surface area (Å²) in [4.78, 5) is 11.4. The minimum absolute atomic E-state index is 0.371. The van der Waals surface area contributed by atoms with Gasteiger partial charge in [-0.2, -0.15) is 13.2 Å². The molecular formula is C12H17F3N2O. The summed E-state index contributed by atoms with van der Waals surface area (Å²) >= 11 is 0. The van der Waals surface area contributed by atoms with Crippen LogP contribution in [-0.4, -0.2) is 17.9 Å². The topological polar surface area (TPSA) is 41.1 Å². The molecule has 102 valence electrons. The van der Waals surface area contributed by atoms with Gasteiger partial charge < -0.3 is 5.32 Å². The average molecular weight is 262 g/mol. The van der Waals surface area contributed by atoms with Crippen molar-refractivity contribution in [2.75, 3.05) is 0 Å². The first-order valence-electron chi connectivity index (χ1n) is 6.51. The molecule has 2 amide bonds. The molecule has 0 saturated heterocycles. The van der Waals surface area contributed by atoms with E-state index >= 15 is 0 Å². The fourth-order valence-corrected chi connectivity index (χ4v) is 4.66. The van der Waals surface area contributed by atoms with Gasteiger partial charge in [0, 0.05) is 5.54 Å². The molecule has 2 N–H and O–H groups in total. The summed E-state index contributed by atoms with van der Waals surface area (Å²) in [5, 5.41) is 3.66. The molecule has 18 heavy (non-hydrogen) atoms. The number of carbonyl (C=O) groups is 1. The molecule has 3 nitrogen and oxygen atoms in total. The molecule has 4 rings (SSSR count). The Labute approximate surface area is 103 Å².